The lowest BCUT2D eigenvalue weighted by Crippen LogP contribution is -2.27. The topological polar surface area (TPSA) is 65.7 Å². The van der Waals surface area contributed by atoms with Crippen LogP contribution in [0.1, 0.15) is 32.1 Å². The van der Waals surface area contributed by atoms with Crippen molar-refractivity contribution in [2.45, 2.75) is 33.3 Å². The summed E-state index contributed by atoms with van der Waals surface area (Å²) < 4.78 is 16.8. The maximum absolute atomic E-state index is 12.3. The van der Waals surface area contributed by atoms with Crippen molar-refractivity contribution in [2.24, 2.45) is 0 Å². The Hall–Kier alpha value is -2.56. The number of carbonyl (C=O) groups is 1. The van der Waals surface area contributed by atoms with Crippen LogP contribution in [0, 0.1) is 6.92 Å². The first kappa shape index (κ1) is 14.4. The Kier molecular flexibility index (Phi) is 3.09. The number of aryl methyl sites for hydroxylation is 1. The molecule has 2 aromatic rings. The van der Waals surface area contributed by atoms with Gasteiger partial charge in [-0.1, -0.05) is 0 Å². The van der Waals surface area contributed by atoms with Crippen LogP contribution in [-0.4, -0.2) is 11.6 Å². The van der Waals surface area contributed by atoms with Crippen molar-refractivity contribution < 1.29 is 18.7 Å². The molecule has 0 atom stereocenters. The second-order valence-electron chi connectivity index (χ2n) is 5.84. The van der Waals surface area contributed by atoms with Gasteiger partial charge in [0.25, 0.3) is 0 Å². The van der Waals surface area contributed by atoms with Crippen LogP contribution in [0.3, 0.4) is 0 Å². The molecule has 0 unspecified atom stereocenters. The zero-order valence-electron chi connectivity index (χ0n) is 12.9. The van der Waals surface area contributed by atoms with Crippen molar-refractivity contribution in [1.29, 1.82) is 0 Å². The molecular formula is C17H16O5. The van der Waals surface area contributed by atoms with E-state index < -0.39 is 11.6 Å². The Morgan fingerprint density at radius 1 is 1.27 bits per heavy atom. The van der Waals surface area contributed by atoms with E-state index in [1.165, 1.54) is 13.0 Å². The number of benzene rings is 1. The number of ether oxygens (including phenoxy) is 2. The summed E-state index contributed by atoms with van der Waals surface area (Å²) in [5, 5.41) is 0.243. The fraction of sp³-hybridized carbons (Fsp3) is 0.294. The molecule has 0 fully saturated rings. The zero-order chi connectivity index (χ0) is 16.1. The van der Waals surface area contributed by atoms with Gasteiger partial charge in [-0.25, -0.2) is 0 Å². The SMILES string of the molecule is CC(=O)Oc1cc2c(c3oc(C)cc(=O)c13)C=CC(C)(C)O2. The summed E-state index contributed by atoms with van der Waals surface area (Å²) in [4.78, 5) is 23.6. The van der Waals surface area contributed by atoms with E-state index in [0.29, 0.717) is 22.7 Å². The molecule has 0 saturated carbocycles. The molecule has 0 N–H and O–H groups in total. The van der Waals surface area contributed by atoms with Crippen molar-refractivity contribution in [3.05, 3.63) is 39.8 Å². The van der Waals surface area contributed by atoms with E-state index in [2.05, 4.69) is 0 Å². The lowest BCUT2D eigenvalue weighted by molar-refractivity contribution is -0.131. The smallest absolute Gasteiger partial charge is 0.308 e. The number of carbonyl (C=O) groups excluding carboxylic acids is 1. The van der Waals surface area contributed by atoms with Gasteiger partial charge >= 0.3 is 5.97 Å². The normalized spacial score (nSPS) is 15.3. The third-order valence-electron chi connectivity index (χ3n) is 3.37. The highest BCUT2D eigenvalue weighted by Gasteiger charge is 2.27. The number of rotatable bonds is 1. The third-order valence-corrected chi connectivity index (χ3v) is 3.37. The fourth-order valence-electron chi connectivity index (χ4n) is 2.49. The summed E-state index contributed by atoms with van der Waals surface area (Å²) >= 11 is 0. The summed E-state index contributed by atoms with van der Waals surface area (Å²) in [6, 6.07) is 2.94. The van der Waals surface area contributed by atoms with Crippen LogP contribution in [0.4, 0.5) is 0 Å². The Labute approximate surface area is 127 Å². The molecule has 0 saturated heterocycles. The van der Waals surface area contributed by atoms with Gasteiger partial charge in [0.05, 0.1) is 5.56 Å². The largest absolute Gasteiger partial charge is 0.483 e. The molecule has 114 valence electrons. The van der Waals surface area contributed by atoms with E-state index in [9.17, 15) is 9.59 Å². The highest BCUT2D eigenvalue weighted by molar-refractivity contribution is 5.95. The minimum atomic E-state index is -0.508. The molecule has 22 heavy (non-hydrogen) atoms. The van der Waals surface area contributed by atoms with Crippen molar-refractivity contribution in [1.82, 2.24) is 0 Å². The first-order chi connectivity index (χ1) is 10.3. The second kappa shape index (κ2) is 4.73. The average Bonchev–Trinajstić information content (AvgIpc) is 2.35. The van der Waals surface area contributed by atoms with Gasteiger partial charge in [-0.2, -0.15) is 0 Å². The predicted molar refractivity (Wildman–Crippen MR) is 82.3 cm³/mol. The van der Waals surface area contributed by atoms with Crippen LogP contribution in [0.15, 0.2) is 27.4 Å². The van der Waals surface area contributed by atoms with E-state index in [0.717, 1.165) is 0 Å². The first-order valence-electron chi connectivity index (χ1n) is 6.95. The Bertz CT molecular complexity index is 871. The standard InChI is InChI=1S/C17H16O5/c1-9-7-12(19)15-14(21-10(2)18)8-13-11(16(15)20-9)5-6-17(3,4)22-13/h5-8H,1-4H3. The number of fused-ring (bicyclic) bond motifs is 3. The molecule has 0 radical (unpaired) electrons. The Morgan fingerprint density at radius 3 is 2.68 bits per heavy atom. The van der Waals surface area contributed by atoms with Gasteiger partial charge in [0, 0.05) is 19.1 Å². The molecule has 2 heterocycles. The molecule has 3 rings (SSSR count). The summed E-state index contributed by atoms with van der Waals surface area (Å²) in [5.41, 5.74) is 0.297. The van der Waals surface area contributed by atoms with Crippen LogP contribution in [0.5, 0.6) is 11.5 Å². The minimum absolute atomic E-state index is 0.154. The summed E-state index contributed by atoms with van der Waals surface area (Å²) in [6.45, 7) is 6.80. The predicted octanol–water partition coefficient (Wildman–Crippen LogP) is 3.21. The number of esters is 1. The lowest BCUT2D eigenvalue weighted by Gasteiger charge is -2.28. The molecule has 1 aliphatic heterocycles. The van der Waals surface area contributed by atoms with E-state index in [4.69, 9.17) is 13.9 Å². The molecule has 1 aromatic heterocycles. The summed E-state index contributed by atoms with van der Waals surface area (Å²) in [5.74, 6) is 0.649. The summed E-state index contributed by atoms with van der Waals surface area (Å²) in [6.07, 6.45) is 3.75. The van der Waals surface area contributed by atoms with Gasteiger partial charge < -0.3 is 13.9 Å². The van der Waals surface area contributed by atoms with E-state index >= 15 is 0 Å². The van der Waals surface area contributed by atoms with Crippen LogP contribution in [0.25, 0.3) is 17.0 Å². The molecule has 0 bridgehead atoms. The fourth-order valence-corrected chi connectivity index (χ4v) is 2.49. The van der Waals surface area contributed by atoms with Crippen LogP contribution >= 0.6 is 0 Å². The van der Waals surface area contributed by atoms with Gasteiger partial charge in [0.15, 0.2) is 11.0 Å². The highest BCUT2D eigenvalue weighted by atomic mass is 16.5. The van der Waals surface area contributed by atoms with Gasteiger partial charge in [-0.05, 0) is 32.9 Å². The van der Waals surface area contributed by atoms with Gasteiger partial charge in [-0.3, -0.25) is 9.59 Å². The lowest BCUT2D eigenvalue weighted by atomic mass is 10.00. The number of hydrogen-bond donors (Lipinski definition) is 0. The number of hydrogen-bond acceptors (Lipinski definition) is 5. The van der Waals surface area contributed by atoms with Crippen molar-refractivity contribution in [3.63, 3.8) is 0 Å². The van der Waals surface area contributed by atoms with Crippen molar-refractivity contribution >= 4 is 23.0 Å². The molecule has 0 spiro atoms. The maximum Gasteiger partial charge on any atom is 0.308 e. The van der Waals surface area contributed by atoms with Gasteiger partial charge in [0.2, 0.25) is 0 Å². The second-order valence-corrected chi connectivity index (χ2v) is 5.84. The van der Waals surface area contributed by atoms with E-state index in [1.807, 2.05) is 26.0 Å². The van der Waals surface area contributed by atoms with E-state index in [-0.39, 0.29) is 16.6 Å². The van der Waals surface area contributed by atoms with Crippen LogP contribution in [0.2, 0.25) is 0 Å². The summed E-state index contributed by atoms with van der Waals surface area (Å²) in [7, 11) is 0. The highest BCUT2D eigenvalue weighted by Crippen LogP contribution is 2.40. The maximum atomic E-state index is 12.3. The van der Waals surface area contributed by atoms with Gasteiger partial charge in [0.1, 0.15) is 28.2 Å². The molecular weight excluding hydrogens is 284 g/mol. The first-order valence-corrected chi connectivity index (χ1v) is 6.95. The van der Waals surface area contributed by atoms with E-state index in [1.54, 1.807) is 13.0 Å². The molecule has 0 aliphatic carbocycles. The van der Waals surface area contributed by atoms with Gasteiger partial charge in [-0.15, -0.1) is 0 Å². The minimum Gasteiger partial charge on any atom is -0.483 e. The zero-order valence-corrected chi connectivity index (χ0v) is 12.9. The van der Waals surface area contributed by atoms with Crippen LogP contribution in [-0.2, 0) is 4.79 Å². The molecule has 5 heteroatoms. The van der Waals surface area contributed by atoms with Crippen LogP contribution < -0.4 is 14.9 Å². The molecule has 0 amide bonds. The van der Waals surface area contributed by atoms with Crippen molar-refractivity contribution in [2.75, 3.05) is 0 Å². The van der Waals surface area contributed by atoms with Crippen molar-refractivity contribution in [3.8, 4) is 11.5 Å². The molecule has 1 aromatic carbocycles. The Balaban J connectivity index is 2.39. The average molecular weight is 300 g/mol. The Morgan fingerprint density at radius 2 is 2.00 bits per heavy atom. The third kappa shape index (κ3) is 2.39. The molecule has 5 nitrogen and oxygen atoms in total. The quantitative estimate of drug-likeness (QED) is 0.597. The molecule has 1 aliphatic rings. The monoisotopic (exact) mass is 300 g/mol.